The first-order valence-electron chi connectivity index (χ1n) is 13.5. The van der Waals surface area contributed by atoms with Crippen LogP contribution in [0.3, 0.4) is 0 Å². The molecule has 1 N–H and O–H groups in total. The number of sulfonamides is 1. The highest BCUT2D eigenvalue weighted by Crippen LogP contribution is 2.54. The molecule has 4 heterocycles. The van der Waals surface area contributed by atoms with E-state index >= 15 is 0 Å². The van der Waals surface area contributed by atoms with E-state index in [1.165, 1.54) is 44.6 Å². The molecule has 0 bridgehead atoms. The number of amides is 2. The zero-order valence-electron chi connectivity index (χ0n) is 22.8. The van der Waals surface area contributed by atoms with Crippen LogP contribution in [-0.4, -0.2) is 78.2 Å². The molecule has 42 heavy (non-hydrogen) atoms. The average molecular weight is 589 g/mol. The molecule has 3 aliphatic rings. The Hall–Kier alpha value is -4.39. The molecule has 0 aliphatic carbocycles. The minimum absolute atomic E-state index is 0.0108. The lowest BCUT2D eigenvalue weighted by Crippen LogP contribution is -2.51. The van der Waals surface area contributed by atoms with Gasteiger partial charge in [-0.3, -0.25) is 19.4 Å². The highest BCUT2D eigenvalue weighted by atomic mass is 32.2. The Labute approximate surface area is 242 Å². The van der Waals surface area contributed by atoms with Crippen LogP contribution in [0.25, 0.3) is 5.76 Å². The molecular formula is C30H28N4O7S. The molecule has 11 nitrogen and oxygen atoms in total. The predicted molar refractivity (Wildman–Crippen MR) is 152 cm³/mol. The molecule has 216 valence electrons. The fraction of sp³-hybridized carbons (Fsp3) is 0.267. The number of carbonyl (C=O) groups excluding carboxylic acids is 3. The summed E-state index contributed by atoms with van der Waals surface area (Å²) < 4.78 is 33.3. The first-order valence-corrected chi connectivity index (χ1v) is 15.0. The standard InChI is InChI=1S/C30H28N4O7S/c1-2-33-24-11-4-3-10-23(24)30(29(33)38)25(27(36)28(37)34(30)19-20-7-6-12-31-18-20)26(35)21-8-5-9-22(17-21)42(39,40)32-13-15-41-16-14-32/h3-12,17-18,35H,2,13-16,19H2,1H3/b26-25+. The van der Waals surface area contributed by atoms with Gasteiger partial charge in [-0.05, 0) is 36.8 Å². The summed E-state index contributed by atoms with van der Waals surface area (Å²) >= 11 is 0. The van der Waals surface area contributed by atoms with Gasteiger partial charge in [-0.1, -0.05) is 36.4 Å². The summed E-state index contributed by atoms with van der Waals surface area (Å²) in [5.74, 6) is -3.20. The maximum Gasteiger partial charge on any atom is 0.296 e. The van der Waals surface area contributed by atoms with E-state index in [1.54, 1.807) is 49.5 Å². The largest absolute Gasteiger partial charge is 0.507 e. The molecule has 3 aromatic rings. The van der Waals surface area contributed by atoms with Gasteiger partial charge in [0.15, 0.2) is 5.54 Å². The van der Waals surface area contributed by atoms with E-state index in [-0.39, 0.29) is 49.9 Å². The Bertz CT molecular complexity index is 1730. The lowest BCUT2D eigenvalue weighted by Gasteiger charge is -2.34. The highest BCUT2D eigenvalue weighted by Gasteiger charge is 2.67. The van der Waals surface area contributed by atoms with Crippen LogP contribution in [0.4, 0.5) is 5.69 Å². The van der Waals surface area contributed by atoms with E-state index < -0.39 is 44.5 Å². The molecule has 1 spiro atoms. The van der Waals surface area contributed by atoms with Crippen molar-refractivity contribution in [1.82, 2.24) is 14.2 Å². The van der Waals surface area contributed by atoms with Crippen molar-refractivity contribution in [2.45, 2.75) is 23.9 Å². The van der Waals surface area contributed by atoms with E-state index in [4.69, 9.17) is 4.74 Å². The number of Topliss-reactive ketones (excluding diaryl/α,β-unsaturated/α-hetero) is 1. The van der Waals surface area contributed by atoms with Crippen LogP contribution in [0.2, 0.25) is 0 Å². The molecule has 12 heteroatoms. The Morgan fingerprint density at radius 3 is 2.50 bits per heavy atom. The van der Waals surface area contributed by atoms with E-state index in [2.05, 4.69) is 4.98 Å². The van der Waals surface area contributed by atoms with Crippen molar-refractivity contribution in [2.24, 2.45) is 0 Å². The molecule has 6 rings (SSSR count). The van der Waals surface area contributed by atoms with Crippen LogP contribution in [0.1, 0.15) is 23.6 Å². The van der Waals surface area contributed by atoms with Gasteiger partial charge >= 0.3 is 0 Å². The average Bonchev–Trinajstić information content (AvgIpc) is 3.40. The van der Waals surface area contributed by atoms with Gasteiger partial charge in [0.2, 0.25) is 10.0 Å². The number of benzene rings is 2. The topological polar surface area (TPSA) is 137 Å². The lowest BCUT2D eigenvalue weighted by molar-refractivity contribution is -0.144. The Kier molecular flexibility index (Phi) is 6.92. The van der Waals surface area contributed by atoms with Crippen molar-refractivity contribution in [3.05, 3.63) is 95.3 Å². The summed E-state index contributed by atoms with van der Waals surface area (Å²) in [4.78, 5) is 48.6. The lowest BCUT2D eigenvalue weighted by atomic mass is 9.81. The molecule has 0 saturated carbocycles. The number of likely N-dealkylation sites (N-methyl/N-ethyl adjacent to an activating group) is 1. The number of carbonyl (C=O) groups is 3. The first kappa shape index (κ1) is 27.8. The van der Waals surface area contributed by atoms with Crippen LogP contribution >= 0.6 is 0 Å². The fourth-order valence-electron chi connectivity index (χ4n) is 5.96. The molecule has 0 radical (unpaired) electrons. The maximum atomic E-state index is 14.4. The number of hydrogen-bond donors (Lipinski definition) is 1. The second kappa shape index (κ2) is 10.5. The number of hydrogen-bond acceptors (Lipinski definition) is 8. The number of aliphatic hydroxyl groups is 1. The minimum atomic E-state index is -3.94. The SMILES string of the molecule is CCN1C(=O)C2(/C(=C(/O)c3cccc(S(=O)(=O)N4CCOCC4)c3)C(=O)C(=O)N2Cc2cccnc2)c2ccccc21. The van der Waals surface area contributed by atoms with Crippen molar-refractivity contribution >= 4 is 39.1 Å². The summed E-state index contributed by atoms with van der Waals surface area (Å²) in [7, 11) is -3.94. The van der Waals surface area contributed by atoms with Crippen LogP contribution in [0.15, 0.2) is 83.5 Å². The predicted octanol–water partition coefficient (Wildman–Crippen LogP) is 2.25. The summed E-state index contributed by atoms with van der Waals surface area (Å²) in [5.41, 5.74) is -0.928. The number of fused-ring (bicyclic) bond motifs is 2. The maximum absolute atomic E-state index is 14.4. The number of nitrogens with zero attached hydrogens (tertiary/aromatic N) is 4. The number of morpholine rings is 1. The van der Waals surface area contributed by atoms with Gasteiger partial charge in [0.05, 0.1) is 29.4 Å². The molecular weight excluding hydrogens is 560 g/mol. The third-order valence-electron chi connectivity index (χ3n) is 7.90. The van der Waals surface area contributed by atoms with E-state index in [9.17, 15) is 27.9 Å². The number of aromatic nitrogens is 1. The third kappa shape index (κ3) is 4.05. The van der Waals surface area contributed by atoms with Crippen LogP contribution < -0.4 is 4.90 Å². The van der Waals surface area contributed by atoms with Gasteiger partial charge in [-0.2, -0.15) is 4.31 Å². The number of para-hydroxylation sites is 1. The van der Waals surface area contributed by atoms with E-state index in [1.807, 2.05) is 0 Å². The molecule has 2 amide bonds. The summed E-state index contributed by atoms with van der Waals surface area (Å²) in [6.45, 7) is 2.78. The molecule has 2 aromatic carbocycles. The number of pyridine rings is 1. The number of ketones is 1. The fourth-order valence-corrected chi connectivity index (χ4v) is 7.41. The van der Waals surface area contributed by atoms with Crippen molar-refractivity contribution < 1.29 is 32.6 Å². The normalized spacial score (nSPS) is 22.3. The van der Waals surface area contributed by atoms with E-state index in [0.29, 0.717) is 16.8 Å². The quantitative estimate of drug-likeness (QED) is 0.263. The number of anilines is 1. The molecule has 1 aromatic heterocycles. The van der Waals surface area contributed by atoms with Gasteiger partial charge in [0.25, 0.3) is 17.6 Å². The zero-order chi connectivity index (χ0) is 29.6. The minimum Gasteiger partial charge on any atom is -0.507 e. The van der Waals surface area contributed by atoms with E-state index in [0.717, 1.165) is 0 Å². The molecule has 3 aliphatic heterocycles. The summed E-state index contributed by atoms with van der Waals surface area (Å²) in [5, 5.41) is 11.8. The Morgan fingerprint density at radius 1 is 1.02 bits per heavy atom. The van der Waals surface area contributed by atoms with Crippen LogP contribution in [0.5, 0.6) is 0 Å². The smallest absolute Gasteiger partial charge is 0.296 e. The highest BCUT2D eigenvalue weighted by molar-refractivity contribution is 7.89. The van der Waals surface area contributed by atoms with Crippen molar-refractivity contribution in [3.63, 3.8) is 0 Å². The van der Waals surface area contributed by atoms with Gasteiger partial charge < -0.3 is 19.6 Å². The second-order valence-electron chi connectivity index (χ2n) is 10.1. The molecule has 2 saturated heterocycles. The van der Waals surface area contributed by atoms with Gasteiger partial charge in [0, 0.05) is 49.7 Å². The molecule has 2 fully saturated rings. The molecule has 1 unspecified atom stereocenters. The first-order chi connectivity index (χ1) is 20.2. The number of ether oxygens (including phenoxy) is 1. The molecule has 1 atom stereocenters. The number of rotatable bonds is 6. The van der Waals surface area contributed by atoms with Gasteiger partial charge in [0.1, 0.15) is 5.76 Å². The number of likely N-dealkylation sites (tertiary alicyclic amines) is 1. The zero-order valence-corrected chi connectivity index (χ0v) is 23.6. The van der Waals surface area contributed by atoms with Gasteiger partial charge in [-0.25, -0.2) is 8.42 Å². The summed E-state index contributed by atoms with van der Waals surface area (Å²) in [6, 6.07) is 15.8. The van der Waals surface area contributed by atoms with Crippen molar-refractivity contribution in [3.8, 4) is 0 Å². The number of aliphatic hydroxyl groups excluding tert-OH is 1. The Balaban J connectivity index is 1.57. The second-order valence-corrected chi connectivity index (χ2v) is 12.1. The monoisotopic (exact) mass is 588 g/mol. The van der Waals surface area contributed by atoms with Gasteiger partial charge in [-0.15, -0.1) is 0 Å². The van der Waals surface area contributed by atoms with Crippen molar-refractivity contribution in [2.75, 3.05) is 37.7 Å². The van der Waals surface area contributed by atoms with Crippen molar-refractivity contribution in [1.29, 1.82) is 0 Å². The summed E-state index contributed by atoms with van der Waals surface area (Å²) in [6.07, 6.45) is 3.11. The third-order valence-corrected chi connectivity index (χ3v) is 9.80. The van der Waals surface area contributed by atoms with Crippen LogP contribution in [0, 0.1) is 0 Å². The Morgan fingerprint density at radius 2 is 1.79 bits per heavy atom. The van der Waals surface area contributed by atoms with Crippen LogP contribution in [-0.2, 0) is 41.2 Å².